The number of nitrogens with zero attached hydrogens (tertiary/aromatic N) is 2. The summed E-state index contributed by atoms with van der Waals surface area (Å²) in [5.41, 5.74) is 2.60. The summed E-state index contributed by atoms with van der Waals surface area (Å²) in [5, 5.41) is 12.3. The van der Waals surface area contributed by atoms with Crippen molar-refractivity contribution in [2.24, 2.45) is 7.05 Å². The maximum absolute atomic E-state index is 13.5. The zero-order valence-electron chi connectivity index (χ0n) is 19.3. The van der Waals surface area contributed by atoms with Gasteiger partial charge < -0.3 is 24.0 Å². The standard InChI is InChI=1S/C28H21FN2O5/c1-30-14-20(19-4-2-3-5-21(19)30)25-24(26(32)17-8-11-22-23(12-17)36-15-35-22)27(33)28(34)31(25)13-16-6-9-18(29)10-7-16/h2-12,14,25,32H,13,15H2,1H3/b26-24+. The number of aliphatic hydroxyl groups excluding tert-OH is 1. The van der Waals surface area contributed by atoms with Crippen LogP contribution >= 0.6 is 0 Å². The van der Waals surface area contributed by atoms with Crippen molar-refractivity contribution in [1.29, 1.82) is 0 Å². The molecule has 0 saturated carbocycles. The van der Waals surface area contributed by atoms with E-state index in [0.29, 0.717) is 28.2 Å². The van der Waals surface area contributed by atoms with Crippen LogP contribution in [0.4, 0.5) is 4.39 Å². The minimum Gasteiger partial charge on any atom is -0.507 e. The Morgan fingerprint density at radius 2 is 1.78 bits per heavy atom. The zero-order valence-corrected chi connectivity index (χ0v) is 19.3. The number of aryl methyl sites for hydroxylation is 1. The first-order chi connectivity index (χ1) is 17.4. The molecule has 1 amide bonds. The minimum absolute atomic E-state index is 0.0164. The number of Topliss-reactive ketones (excluding diaryl/α,β-unsaturated/α-hetero) is 1. The van der Waals surface area contributed by atoms with Crippen molar-refractivity contribution in [3.8, 4) is 11.5 Å². The van der Waals surface area contributed by atoms with Crippen molar-refractivity contribution >= 4 is 28.4 Å². The van der Waals surface area contributed by atoms with Gasteiger partial charge in [0, 0.05) is 41.8 Å². The predicted octanol–water partition coefficient (Wildman–Crippen LogP) is 4.67. The molecule has 0 spiro atoms. The smallest absolute Gasteiger partial charge is 0.295 e. The summed E-state index contributed by atoms with van der Waals surface area (Å²) >= 11 is 0. The second kappa shape index (κ2) is 8.27. The van der Waals surface area contributed by atoms with Crippen molar-refractivity contribution in [3.05, 3.63) is 101 Å². The number of halogens is 1. The maximum atomic E-state index is 13.5. The first-order valence-electron chi connectivity index (χ1n) is 11.4. The Bertz CT molecular complexity index is 1570. The third-order valence-electron chi connectivity index (χ3n) is 6.67. The first kappa shape index (κ1) is 21.9. The molecule has 1 unspecified atom stereocenters. The van der Waals surface area contributed by atoms with Crippen molar-refractivity contribution < 1.29 is 28.6 Å². The molecule has 180 valence electrons. The predicted molar refractivity (Wildman–Crippen MR) is 130 cm³/mol. The minimum atomic E-state index is -0.855. The fraction of sp³-hybridized carbons (Fsp3) is 0.143. The molecule has 4 aromatic rings. The fourth-order valence-electron chi connectivity index (χ4n) is 4.94. The number of likely N-dealkylation sites (tertiary alicyclic amines) is 1. The van der Waals surface area contributed by atoms with Gasteiger partial charge in [-0.3, -0.25) is 9.59 Å². The Hall–Kier alpha value is -4.59. The summed E-state index contributed by atoms with van der Waals surface area (Å²) < 4.78 is 26.2. The van der Waals surface area contributed by atoms with E-state index >= 15 is 0 Å². The van der Waals surface area contributed by atoms with Gasteiger partial charge in [-0.2, -0.15) is 0 Å². The third-order valence-corrected chi connectivity index (χ3v) is 6.67. The lowest BCUT2D eigenvalue weighted by molar-refractivity contribution is -0.140. The number of carbonyl (C=O) groups is 2. The molecule has 8 heteroatoms. The third kappa shape index (κ3) is 3.41. The number of hydrogen-bond acceptors (Lipinski definition) is 5. The van der Waals surface area contributed by atoms with Crippen LogP contribution in [0.2, 0.25) is 0 Å². The summed E-state index contributed by atoms with van der Waals surface area (Å²) in [6.07, 6.45) is 1.87. The van der Waals surface area contributed by atoms with Gasteiger partial charge in [0.05, 0.1) is 11.6 Å². The molecule has 1 saturated heterocycles. The zero-order chi connectivity index (χ0) is 25.0. The highest BCUT2D eigenvalue weighted by Crippen LogP contribution is 2.44. The van der Waals surface area contributed by atoms with Gasteiger partial charge in [0.2, 0.25) is 6.79 Å². The summed E-state index contributed by atoms with van der Waals surface area (Å²) in [4.78, 5) is 28.2. The Balaban J connectivity index is 1.54. The normalized spacial score (nSPS) is 18.4. The second-order valence-electron chi connectivity index (χ2n) is 8.83. The number of benzene rings is 3. The molecule has 36 heavy (non-hydrogen) atoms. The molecule has 2 aliphatic rings. The van der Waals surface area contributed by atoms with E-state index in [4.69, 9.17) is 9.47 Å². The number of ether oxygens (including phenoxy) is 2. The second-order valence-corrected chi connectivity index (χ2v) is 8.83. The monoisotopic (exact) mass is 484 g/mol. The summed E-state index contributed by atoms with van der Waals surface area (Å²) in [6, 6.07) is 17.4. The number of aliphatic hydroxyl groups is 1. The van der Waals surface area contributed by atoms with Crippen LogP contribution in [0.25, 0.3) is 16.7 Å². The molecular weight excluding hydrogens is 463 g/mol. The number of carbonyl (C=O) groups excluding carboxylic acids is 2. The Kier molecular flexibility index (Phi) is 5.03. The summed E-state index contributed by atoms with van der Waals surface area (Å²) in [5.74, 6) is -1.24. The molecule has 1 atom stereocenters. The Morgan fingerprint density at radius 3 is 2.58 bits per heavy atom. The molecule has 6 rings (SSSR count). The van der Waals surface area contributed by atoms with E-state index in [1.54, 1.807) is 30.3 Å². The maximum Gasteiger partial charge on any atom is 0.295 e. The van der Waals surface area contributed by atoms with Gasteiger partial charge in [0.1, 0.15) is 11.6 Å². The highest BCUT2D eigenvalue weighted by molar-refractivity contribution is 6.46. The average Bonchev–Trinajstić information content (AvgIpc) is 3.56. The molecular formula is C28H21FN2O5. The van der Waals surface area contributed by atoms with E-state index in [-0.39, 0.29) is 24.7 Å². The fourth-order valence-corrected chi connectivity index (χ4v) is 4.94. The molecule has 1 N–H and O–H groups in total. The van der Waals surface area contributed by atoms with E-state index in [0.717, 1.165) is 10.9 Å². The number of hydrogen-bond donors (Lipinski definition) is 1. The molecule has 0 radical (unpaired) electrons. The van der Waals surface area contributed by atoms with Crippen molar-refractivity contribution in [1.82, 2.24) is 9.47 Å². The van der Waals surface area contributed by atoms with Crippen LogP contribution in [0, 0.1) is 5.82 Å². The van der Waals surface area contributed by atoms with Crippen molar-refractivity contribution in [3.63, 3.8) is 0 Å². The molecule has 1 aromatic heterocycles. The lowest BCUT2D eigenvalue weighted by Crippen LogP contribution is -2.29. The number of ketones is 1. The first-order valence-corrected chi connectivity index (χ1v) is 11.4. The van der Waals surface area contributed by atoms with E-state index in [9.17, 15) is 19.1 Å². The van der Waals surface area contributed by atoms with E-state index in [1.165, 1.54) is 17.0 Å². The van der Waals surface area contributed by atoms with Gasteiger partial charge in [0.15, 0.2) is 11.5 Å². The van der Waals surface area contributed by atoms with E-state index in [2.05, 4.69) is 0 Å². The number of fused-ring (bicyclic) bond motifs is 2. The van der Waals surface area contributed by atoms with Crippen LogP contribution in [0.3, 0.4) is 0 Å². The summed E-state index contributed by atoms with van der Waals surface area (Å²) in [6.45, 7) is 0.133. The molecule has 0 bridgehead atoms. The van der Waals surface area contributed by atoms with Crippen molar-refractivity contribution in [2.75, 3.05) is 6.79 Å². The number of rotatable bonds is 4. The van der Waals surface area contributed by atoms with Gasteiger partial charge in [-0.05, 0) is 42.0 Å². The highest BCUT2D eigenvalue weighted by atomic mass is 19.1. The van der Waals surface area contributed by atoms with Crippen LogP contribution in [0.5, 0.6) is 11.5 Å². The quantitative estimate of drug-likeness (QED) is 0.259. The van der Waals surface area contributed by atoms with Crippen molar-refractivity contribution in [2.45, 2.75) is 12.6 Å². The highest BCUT2D eigenvalue weighted by Gasteiger charge is 2.47. The number of amides is 1. The molecule has 3 aromatic carbocycles. The molecule has 7 nitrogen and oxygen atoms in total. The lowest BCUT2D eigenvalue weighted by atomic mass is 9.94. The van der Waals surface area contributed by atoms with Gasteiger partial charge in [-0.1, -0.05) is 30.3 Å². The lowest BCUT2D eigenvalue weighted by Gasteiger charge is -2.25. The molecule has 0 aliphatic carbocycles. The topological polar surface area (TPSA) is 81.0 Å². The molecule has 2 aliphatic heterocycles. The van der Waals surface area contributed by atoms with Gasteiger partial charge in [0.25, 0.3) is 11.7 Å². The largest absolute Gasteiger partial charge is 0.507 e. The van der Waals surface area contributed by atoms with Crippen LogP contribution < -0.4 is 9.47 Å². The van der Waals surface area contributed by atoms with E-state index in [1.807, 2.05) is 42.1 Å². The van der Waals surface area contributed by atoms with Gasteiger partial charge >= 0.3 is 0 Å². The molecule has 3 heterocycles. The van der Waals surface area contributed by atoms with Crippen LogP contribution in [0.1, 0.15) is 22.7 Å². The Morgan fingerprint density at radius 1 is 1.03 bits per heavy atom. The SMILES string of the molecule is Cn1cc(C2/C(=C(\O)c3ccc4c(c3)OCO4)C(=O)C(=O)N2Cc2ccc(F)cc2)c2ccccc21. The summed E-state index contributed by atoms with van der Waals surface area (Å²) in [7, 11) is 1.88. The van der Waals surface area contributed by atoms with Gasteiger partial charge in [-0.15, -0.1) is 0 Å². The number of aromatic nitrogens is 1. The molecule has 1 fully saturated rings. The van der Waals surface area contributed by atoms with Crippen LogP contribution in [0.15, 0.2) is 78.5 Å². The van der Waals surface area contributed by atoms with Crippen LogP contribution in [-0.2, 0) is 23.2 Å². The van der Waals surface area contributed by atoms with Crippen LogP contribution in [-0.4, -0.2) is 33.1 Å². The van der Waals surface area contributed by atoms with Gasteiger partial charge in [-0.25, -0.2) is 4.39 Å². The number of para-hydroxylation sites is 1. The Labute approximate surface area is 205 Å². The van der Waals surface area contributed by atoms with E-state index < -0.39 is 23.5 Å². The average molecular weight is 484 g/mol.